The zero-order valence-electron chi connectivity index (χ0n) is 11.7. The van der Waals surface area contributed by atoms with E-state index < -0.39 is 0 Å². The second-order valence-electron chi connectivity index (χ2n) is 4.99. The maximum atomic E-state index is 11.6. The highest BCUT2D eigenvalue weighted by Gasteiger charge is 2.24. The number of nitrogens with one attached hydrogen (secondary N) is 1. The number of rotatable bonds is 3. The van der Waals surface area contributed by atoms with E-state index in [2.05, 4.69) is 21.3 Å². The molecule has 0 radical (unpaired) electrons. The number of hydrogen-bond donors (Lipinski definition) is 1. The van der Waals surface area contributed by atoms with Crippen LogP contribution in [0.1, 0.15) is 18.5 Å². The molecule has 0 spiro atoms. The third kappa shape index (κ3) is 3.67. The Kier molecular flexibility index (Phi) is 4.74. The van der Waals surface area contributed by atoms with Gasteiger partial charge in [-0.1, -0.05) is 6.07 Å². The molecule has 2 rings (SSSR count). The van der Waals surface area contributed by atoms with E-state index in [0.717, 1.165) is 38.2 Å². The summed E-state index contributed by atoms with van der Waals surface area (Å²) in [6, 6.07) is 6.37. The molecular formula is C14H22N4O. The van der Waals surface area contributed by atoms with Gasteiger partial charge < -0.3 is 10.2 Å². The number of carbonyl (C=O) groups excluding carboxylic acids is 1. The summed E-state index contributed by atoms with van der Waals surface area (Å²) < 4.78 is 0. The Morgan fingerprint density at radius 2 is 2.21 bits per heavy atom. The predicted molar refractivity (Wildman–Crippen MR) is 74.8 cm³/mol. The third-order valence-corrected chi connectivity index (χ3v) is 3.75. The second kappa shape index (κ2) is 6.52. The predicted octanol–water partition coefficient (Wildman–Crippen LogP) is 1.32. The number of hydrogen-bond acceptors (Lipinski definition) is 3. The first-order chi connectivity index (χ1) is 9.20. The summed E-state index contributed by atoms with van der Waals surface area (Å²) in [7, 11) is 3.55. The van der Waals surface area contributed by atoms with Crippen LogP contribution in [-0.4, -0.2) is 54.0 Å². The third-order valence-electron chi connectivity index (χ3n) is 3.75. The van der Waals surface area contributed by atoms with Crippen LogP contribution in [0.4, 0.5) is 4.79 Å². The van der Waals surface area contributed by atoms with Gasteiger partial charge in [-0.25, -0.2) is 4.79 Å². The first kappa shape index (κ1) is 13.8. The van der Waals surface area contributed by atoms with Gasteiger partial charge in [-0.2, -0.15) is 0 Å². The van der Waals surface area contributed by atoms with Crippen LogP contribution in [0.5, 0.6) is 0 Å². The topological polar surface area (TPSA) is 48.5 Å². The van der Waals surface area contributed by atoms with Crippen LogP contribution in [0.15, 0.2) is 24.4 Å². The SMILES string of the molecule is CNC(=O)N(C)C1CCN(Cc2ccccn2)CC1. The first-order valence-corrected chi connectivity index (χ1v) is 6.77. The largest absolute Gasteiger partial charge is 0.341 e. The summed E-state index contributed by atoms with van der Waals surface area (Å²) in [5, 5.41) is 2.68. The standard InChI is InChI=1S/C14H22N4O/c1-15-14(19)17(2)13-6-9-18(10-7-13)11-12-5-3-4-8-16-12/h3-5,8,13H,6-7,9-11H2,1-2H3,(H,15,19). The molecule has 5 nitrogen and oxygen atoms in total. The van der Waals surface area contributed by atoms with Crippen molar-refractivity contribution in [1.82, 2.24) is 20.1 Å². The quantitative estimate of drug-likeness (QED) is 0.893. The molecule has 0 saturated carbocycles. The number of piperidine rings is 1. The second-order valence-corrected chi connectivity index (χ2v) is 4.99. The molecule has 1 N–H and O–H groups in total. The number of carbonyl (C=O) groups is 1. The lowest BCUT2D eigenvalue weighted by molar-refractivity contribution is 0.131. The Hall–Kier alpha value is -1.62. The highest BCUT2D eigenvalue weighted by atomic mass is 16.2. The van der Waals surface area contributed by atoms with Crippen LogP contribution >= 0.6 is 0 Å². The molecule has 1 aliphatic rings. The Morgan fingerprint density at radius 1 is 1.47 bits per heavy atom. The van der Waals surface area contributed by atoms with Crippen LogP contribution in [0.2, 0.25) is 0 Å². The summed E-state index contributed by atoms with van der Waals surface area (Å²) in [6.45, 7) is 2.93. The van der Waals surface area contributed by atoms with Crippen LogP contribution in [0.25, 0.3) is 0 Å². The minimum atomic E-state index is 0.00294. The Labute approximate surface area is 114 Å². The van der Waals surface area contributed by atoms with Crippen molar-refractivity contribution in [3.8, 4) is 0 Å². The molecule has 0 atom stereocenters. The highest BCUT2D eigenvalue weighted by Crippen LogP contribution is 2.16. The molecule has 1 saturated heterocycles. The molecule has 0 aromatic carbocycles. The minimum absolute atomic E-state index is 0.00294. The summed E-state index contributed by atoms with van der Waals surface area (Å²) in [6.07, 6.45) is 3.88. The molecule has 19 heavy (non-hydrogen) atoms. The van der Waals surface area contributed by atoms with Crippen molar-refractivity contribution in [3.63, 3.8) is 0 Å². The lowest BCUT2D eigenvalue weighted by Gasteiger charge is -2.36. The van der Waals surface area contributed by atoms with Gasteiger partial charge in [-0.05, 0) is 25.0 Å². The zero-order chi connectivity index (χ0) is 13.7. The van der Waals surface area contributed by atoms with Gasteiger partial charge in [0.15, 0.2) is 0 Å². The van der Waals surface area contributed by atoms with E-state index in [1.807, 2.05) is 30.3 Å². The van der Waals surface area contributed by atoms with Gasteiger partial charge in [0.2, 0.25) is 0 Å². The van der Waals surface area contributed by atoms with Crippen molar-refractivity contribution in [1.29, 1.82) is 0 Å². The molecule has 1 fully saturated rings. The fourth-order valence-electron chi connectivity index (χ4n) is 2.53. The smallest absolute Gasteiger partial charge is 0.317 e. The highest BCUT2D eigenvalue weighted by molar-refractivity contribution is 5.73. The molecule has 0 unspecified atom stereocenters. The molecule has 1 aromatic heterocycles. The monoisotopic (exact) mass is 262 g/mol. The lowest BCUT2D eigenvalue weighted by Crippen LogP contribution is -2.47. The number of aromatic nitrogens is 1. The average Bonchev–Trinajstić information content (AvgIpc) is 2.47. The normalized spacial score (nSPS) is 17.2. The maximum absolute atomic E-state index is 11.6. The Bertz CT molecular complexity index is 401. The molecule has 2 amide bonds. The van der Waals surface area contributed by atoms with Crippen LogP contribution in [0, 0.1) is 0 Å². The van der Waals surface area contributed by atoms with Crippen molar-refractivity contribution in [2.24, 2.45) is 0 Å². The zero-order valence-corrected chi connectivity index (χ0v) is 11.7. The number of amides is 2. The number of urea groups is 1. The number of likely N-dealkylation sites (tertiary alicyclic amines) is 1. The van der Waals surface area contributed by atoms with E-state index in [9.17, 15) is 4.79 Å². The van der Waals surface area contributed by atoms with Gasteiger partial charge in [0.1, 0.15) is 0 Å². The summed E-state index contributed by atoms with van der Waals surface area (Å²) in [4.78, 5) is 20.1. The maximum Gasteiger partial charge on any atom is 0.317 e. The van der Waals surface area contributed by atoms with Crippen molar-refractivity contribution < 1.29 is 4.79 Å². The molecule has 1 aromatic rings. The van der Waals surface area contributed by atoms with E-state index in [0.29, 0.717) is 6.04 Å². The van der Waals surface area contributed by atoms with E-state index in [4.69, 9.17) is 0 Å². The van der Waals surface area contributed by atoms with Crippen molar-refractivity contribution in [2.75, 3.05) is 27.2 Å². The molecule has 5 heteroatoms. The first-order valence-electron chi connectivity index (χ1n) is 6.77. The van der Waals surface area contributed by atoms with Gasteiger partial charge in [0, 0.05) is 46.0 Å². The molecule has 1 aliphatic heterocycles. The number of pyridine rings is 1. The molecule has 0 aliphatic carbocycles. The van der Waals surface area contributed by atoms with Crippen LogP contribution < -0.4 is 5.32 Å². The Morgan fingerprint density at radius 3 is 2.79 bits per heavy atom. The van der Waals surface area contributed by atoms with E-state index >= 15 is 0 Å². The fourth-order valence-corrected chi connectivity index (χ4v) is 2.53. The van der Waals surface area contributed by atoms with E-state index in [1.54, 1.807) is 7.05 Å². The molecule has 104 valence electrons. The van der Waals surface area contributed by atoms with Crippen molar-refractivity contribution in [2.45, 2.75) is 25.4 Å². The van der Waals surface area contributed by atoms with Gasteiger partial charge in [-0.15, -0.1) is 0 Å². The lowest BCUT2D eigenvalue weighted by atomic mass is 10.0. The van der Waals surface area contributed by atoms with Gasteiger partial charge in [-0.3, -0.25) is 9.88 Å². The summed E-state index contributed by atoms with van der Waals surface area (Å²) in [5.74, 6) is 0. The average molecular weight is 262 g/mol. The van der Waals surface area contributed by atoms with Crippen LogP contribution in [0.3, 0.4) is 0 Å². The Balaban J connectivity index is 1.81. The van der Waals surface area contributed by atoms with Crippen molar-refractivity contribution in [3.05, 3.63) is 30.1 Å². The van der Waals surface area contributed by atoms with E-state index in [-0.39, 0.29) is 6.03 Å². The fraction of sp³-hybridized carbons (Fsp3) is 0.571. The molecule has 0 bridgehead atoms. The minimum Gasteiger partial charge on any atom is -0.341 e. The number of nitrogens with zero attached hydrogens (tertiary/aromatic N) is 3. The molecular weight excluding hydrogens is 240 g/mol. The summed E-state index contributed by atoms with van der Waals surface area (Å²) in [5.41, 5.74) is 1.11. The van der Waals surface area contributed by atoms with Crippen molar-refractivity contribution >= 4 is 6.03 Å². The van der Waals surface area contributed by atoms with Gasteiger partial charge >= 0.3 is 6.03 Å². The van der Waals surface area contributed by atoms with Crippen LogP contribution in [-0.2, 0) is 6.54 Å². The summed E-state index contributed by atoms with van der Waals surface area (Å²) >= 11 is 0. The molecule has 2 heterocycles. The van der Waals surface area contributed by atoms with Gasteiger partial charge in [0.05, 0.1) is 5.69 Å². The van der Waals surface area contributed by atoms with Gasteiger partial charge in [0.25, 0.3) is 0 Å². The van der Waals surface area contributed by atoms with E-state index in [1.165, 1.54) is 0 Å².